The highest BCUT2D eigenvalue weighted by molar-refractivity contribution is 6.01. The van der Waals surface area contributed by atoms with E-state index in [-0.39, 0.29) is 30.4 Å². The van der Waals surface area contributed by atoms with Gasteiger partial charge in [0.2, 0.25) is 5.91 Å². The molecule has 1 aliphatic heterocycles. The van der Waals surface area contributed by atoms with Crippen molar-refractivity contribution in [3.05, 3.63) is 71.3 Å². The molecule has 2 N–H and O–H groups in total. The molecule has 1 aliphatic rings. The second-order valence-electron chi connectivity index (χ2n) is 7.36. The third kappa shape index (κ3) is 4.19. The van der Waals surface area contributed by atoms with Crippen LogP contribution in [0.3, 0.4) is 0 Å². The van der Waals surface area contributed by atoms with Gasteiger partial charge in [0.1, 0.15) is 6.04 Å². The number of benzene rings is 2. The lowest BCUT2D eigenvalue weighted by molar-refractivity contribution is -0.128. The van der Waals surface area contributed by atoms with Gasteiger partial charge in [-0.25, -0.2) is 0 Å². The van der Waals surface area contributed by atoms with Gasteiger partial charge in [0.25, 0.3) is 5.91 Å². The SMILES string of the molecule is CC(C)[C@@H](C(=O)N[C@@H](CO)Cc1ccccc1)N1Cc2ccccc2C1=O. The van der Waals surface area contributed by atoms with Crippen molar-refractivity contribution in [3.8, 4) is 0 Å². The van der Waals surface area contributed by atoms with E-state index >= 15 is 0 Å². The molecule has 0 saturated heterocycles. The average Bonchev–Trinajstić information content (AvgIpc) is 2.98. The van der Waals surface area contributed by atoms with Gasteiger partial charge in [-0.15, -0.1) is 0 Å². The second kappa shape index (κ2) is 8.35. The smallest absolute Gasteiger partial charge is 0.255 e. The topological polar surface area (TPSA) is 69.6 Å². The number of hydrogen-bond donors (Lipinski definition) is 2. The van der Waals surface area contributed by atoms with Crippen LogP contribution in [0.25, 0.3) is 0 Å². The minimum atomic E-state index is -0.574. The van der Waals surface area contributed by atoms with E-state index in [0.717, 1.165) is 11.1 Å². The van der Waals surface area contributed by atoms with Crippen molar-refractivity contribution in [2.45, 2.75) is 38.9 Å². The van der Waals surface area contributed by atoms with Crippen LogP contribution >= 0.6 is 0 Å². The molecule has 27 heavy (non-hydrogen) atoms. The summed E-state index contributed by atoms with van der Waals surface area (Å²) in [4.78, 5) is 27.4. The molecule has 0 bridgehead atoms. The van der Waals surface area contributed by atoms with Crippen LogP contribution in [-0.4, -0.2) is 40.5 Å². The molecule has 0 saturated carbocycles. The fraction of sp³-hybridized carbons (Fsp3) is 0.364. The molecule has 0 fully saturated rings. The Morgan fingerprint density at radius 1 is 1.11 bits per heavy atom. The van der Waals surface area contributed by atoms with Crippen LogP contribution in [0.5, 0.6) is 0 Å². The number of fused-ring (bicyclic) bond motifs is 1. The van der Waals surface area contributed by atoms with Crippen molar-refractivity contribution < 1.29 is 14.7 Å². The molecule has 3 rings (SSSR count). The summed E-state index contributed by atoms with van der Waals surface area (Å²) in [6.07, 6.45) is 0.544. The molecule has 0 aromatic heterocycles. The Kier molecular flexibility index (Phi) is 5.91. The Morgan fingerprint density at radius 3 is 2.41 bits per heavy atom. The van der Waals surface area contributed by atoms with Gasteiger partial charge in [-0.3, -0.25) is 9.59 Å². The lowest BCUT2D eigenvalue weighted by Crippen LogP contribution is -2.53. The monoisotopic (exact) mass is 366 g/mol. The number of hydrogen-bond acceptors (Lipinski definition) is 3. The Bertz CT molecular complexity index is 804. The van der Waals surface area contributed by atoms with Crippen LogP contribution in [-0.2, 0) is 17.8 Å². The van der Waals surface area contributed by atoms with E-state index in [1.165, 1.54) is 0 Å². The van der Waals surface area contributed by atoms with Gasteiger partial charge in [-0.05, 0) is 29.5 Å². The molecule has 0 unspecified atom stereocenters. The van der Waals surface area contributed by atoms with Crippen molar-refractivity contribution in [1.29, 1.82) is 0 Å². The predicted octanol–water partition coefficient (Wildman–Crippen LogP) is 2.39. The fourth-order valence-corrected chi connectivity index (χ4v) is 3.65. The van der Waals surface area contributed by atoms with Crippen LogP contribution in [0, 0.1) is 5.92 Å². The standard InChI is InChI=1S/C22H26N2O3/c1-15(2)20(24-13-17-10-6-7-11-19(17)22(24)27)21(26)23-18(14-25)12-16-8-4-3-5-9-16/h3-11,15,18,20,25H,12-14H2,1-2H3,(H,23,26)/t18-,20+/m1/s1. The first-order valence-electron chi connectivity index (χ1n) is 9.35. The number of nitrogens with one attached hydrogen (secondary N) is 1. The highest BCUT2D eigenvalue weighted by Crippen LogP contribution is 2.27. The summed E-state index contributed by atoms with van der Waals surface area (Å²) >= 11 is 0. The highest BCUT2D eigenvalue weighted by atomic mass is 16.3. The van der Waals surface area contributed by atoms with E-state index in [1.807, 2.05) is 62.4 Å². The van der Waals surface area contributed by atoms with Gasteiger partial charge in [0.15, 0.2) is 0 Å². The van der Waals surface area contributed by atoms with E-state index < -0.39 is 6.04 Å². The number of amides is 2. The van der Waals surface area contributed by atoms with Crippen molar-refractivity contribution in [1.82, 2.24) is 10.2 Å². The summed E-state index contributed by atoms with van der Waals surface area (Å²) in [5, 5.41) is 12.7. The molecule has 5 heteroatoms. The molecule has 0 radical (unpaired) electrons. The van der Waals surface area contributed by atoms with Crippen LogP contribution in [0.1, 0.15) is 35.3 Å². The Balaban J connectivity index is 1.73. The summed E-state index contributed by atoms with van der Waals surface area (Å²) < 4.78 is 0. The first-order valence-corrected chi connectivity index (χ1v) is 9.35. The number of rotatable bonds is 7. The molecular formula is C22H26N2O3. The van der Waals surface area contributed by atoms with Gasteiger partial charge in [-0.2, -0.15) is 0 Å². The third-order valence-electron chi connectivity index (χ3n) is 4.98. The Morgan fingerprint density at radius 2 is 1.78 bits per heavy atom. The van der Waals surface area contributed by atoms with Crippen LogP contribution in [0.2, 0.25) is 0 Å². The summed E-state index contributed by atoms with van der Waals surface area (Å²) in [7, 11) is 0. The maximum atomic E-state index is 13.0. The lowest BCUT2D eigenvalue weighted by Gasteiger charge is -2.31. The largest absolute Gasteiger partial charge is 0.394 e. The molecule has 2 aromatic rings. The normalized spacial score (nSPS) is 15.6. The lowest BCUT2D eigenvalue weighted by atomic mass is 10.00. The molecular weight excluding hydrogens is 340 g/mol. The maximum Gasteiger partial charge on any atom is 0.255 e. The zero-order valence-electron chi connectivity index (χ0n) is 15.8. The predicted molar refractivity (Wildman–Crippen MR) is 104 cm³/mol. The van der Waals surface area contributed by atoms with Crippen molar-refractivity contribution in [2.75, 3.05) is 6.61 Å². The molecule has 5 nitrogen and oxygen atoms in total. The highest BCUT2D eigenvalue weighted by Gasteiger charge is 2.38. The minimum absolute atomic E-state index is 0.0423. The minimum Gasteiger partial charge on any atom is -0.394 e. The maximum absolute atomic E-state index is 13.0. The van der Waals surface area contributed by atoms with E-state index in [9.17, 15) is 14.7 Å². The average molecular weight is 366 g/mol. The third-order valence-corrected chi connectivity index (χ3v) is 4.98. The van der Waals surface area contributed by atoms with E-state index in [0.29, 0.717) is 18.5 Å². The van der Waals surface area contributed by atoms with E-state index in [1.54, 1.807) is 11.0 Å². The van der Waals surface area contributed by atoms with Gasteiger partial charge >= 0.3 is 0 Å². The molecule has 0 aliphatic carbocycles. The molecule has 2 aromatic carbocycles. The van der Waals surface area contributed by atoms with Crippen LogP contribution < -0.4 is 5.32 Å². The molecule has 142 valence electrons. The molecule has 2 amide bonds. The van der Waals surface area contributed by atoms with Gasteiger partial charge in [0, 0.05) is 12.1 Å². The molecule has 2 atom stereocenters. The van der Waals surface area contributed by atoms with Gasteiger partial charge in [0.05, 0.1) is 12.6 Å². The molecule has 1 heterocycles. The zero-order valence-corrected chi connectivity index (χ0v) is 15.8. The van der Waals surface area contributed by atoms with Crippen molar-refractivity contribution in [2.24, 2.45) is 5.92 Å². The van der Waals surface area contributed by atoms with E-state index in [4.69, 9.17) is 0 Å². The fourth-order valence-electron chi connectivity index (χ4n) is 3.65. The Hall–Kier alpha value is -2.66. The number of carbonyl (C=O) groups is 2. The first-order chi connectivity index (χ1) is 13.0. The van der Waals surface area contributed by atoms with Crippen molar-refractivity contribution >= 4 is 11.8 Å². The summed E-state index contributed by atoms with van der Waals surface area (Å²) in [6.45, 7) is 4.16. The Labute approximate surface area is 160 Å². The van der Waals surface area contributed by atoms with Crippen LogP contribution in [0.15, 0.2) is 54.6 Å². The zero-order chi connectivity index (χ0) is 19.4. The van der Waals surface area contributed by atoms with Crippen molar-refractivity contribution in [3.63, 3.8) is 0 Å². The van der Waals surface area contributed by atoms with E-state index in [2.05, 4.69) is 5.32 Å². The first kappa shape index (κ1) is 19.1. The summed E-state index contributed by atoms with van der Waals surface area (Å²) in [6, 6.07) is 16.2. The number of aliphatic hydroxyl groups excluding tert-OH is 1. The number of nitrogens with zero attached hydrogens (tertiary/aromatic N) is 1. The molecule has 0 spiro atoms. The quantitative estimate of drug-likeness (QED) is 0.790. The van der Waals surface area contributed by atoms with Crippen LogP contribution in [0.4, 0.5) is 0 Å². The number of aliphatic hydroxyl groups is 1. The summed E-state index contributed by atoms with van der Waals surface area (Å²) in [5.74, 6) is -0.372. The second-order valence-corrected chi connectivity index (χ2v) is 7.36. The number of carbonyl (C=O) groups excluding carboxylic acids is 2. The summed E-state index contributed by atoms with van der Waals surface area (Å²) in [5.41, 5.74) is 2.66. The van der Waals surface area contributed by atoms with Gasteiger partial charge in [-0.1, -0.05) is 62.4 Å². The van der Waals surface area contributed by atoms with Gasteiger partial charge < -0.3 is 15.3 Å².